The highest BCUT2D eigenvalue weighted by molar-refractivity contribution is 5.81. The molecule has 1 saturated carbocycles. The molecule has 1 unspecified atom stereocenters. The number of carbonyl (C=O) groups is 1. The molecular weight excluding hydrogens is 246 g/mol. The van der Waals surface area contributed by atoms with Crippen LogP contribution in [0.4, 0.5) is 0 Å². The Bertz CT molecular complexity index is 560. The highest BCUT2D eigenvalue weighted by Gasteiger charge is 2.31. The first-order valence-electron chi connectivity index (χ1n) is 7.22. The van der Waals surface area contributed by atoms with E-state index in [4.69, 9.17) is 0 Å². The van der Waals surface area contributed by atoms with Crippen LogP contribution in [0.15, 0.2) is 60.7 Å². The Kier molecular flexibility index (Phi) is 3.82. The third-order valence-electron chi connectivity index (χ3n) is 3.75. The Labute approximate surface area is 119 Å². The largest absolute Gasteiger partial charge is 0.349 e. The van der Waals surface area contributed by atoms with Gasteiger partial charge in [0.15, 0.2) is 0 Å². The van der Waals surface area contributed by atoms with Crippen molar-refractivity contribution in [3.05, 3.63) is 71.8 Å². The van der Waals surface area contributed by atoms with E-state index in [1.165, 1.54) is 11.1 Å². The molecule has 0 aromatic heterocycles. The summed E-state index contributed by atoms with van der Waals surface area (Å²) in [5, 5.41) is 3.20. The Morgan fingerprint density at radius 2 is 1.60 bits per heavy atom. The summed E-state index contributed by atoms with van der Waals surface area (Å²) in [6.45, 7) is 0. The molecule has 0 spiro atoms. The SMILES string of the molecule is O=C(NC(Cc1ccccc1)c1ccccc1)C1CC1. The lowest BCUT2D eigenvalue weighted by atomic mass is 9.98. The van der Waals surface area contributed by atoms with Crippen LogP contribution in [0, 0.1) is 5.92 Å². The van der Waals surface area contributed by atoms with Gasteiger partial charge in [-0.1, -0.05) is 60.7 Å². The van der Waals surface area contributed by atoms with Gasteiger partial charge in [-0.05, 0) is 30.4 Å². The summed E-state index contributed by atoms with van der Waals surface area (Å²) in [5.41, 5.74) is 2.42. The lowest BCUT2D eigenvalue weighted by molar-refractivity contribution is -0.123. The summed E-state index contributed by atoms with van der Waals surface area (Å²) in [5.74, 6) is 0.451. The normalized spacial score (nSPS) is 15.6. The number of nitrogens with one attached hydrogen (secondary N) is 1. The van der Waals surface area contributed by atoms with Crippen molar-refractivity contribution in [2.75, 3.05) is 0 Å². The molecule has 0 aliphatic heterocycles. The topological polar surface area (TPSA) is 29.1 Å². The van der Waals surface area contributed by atoms with Crippen molar-refractivity contribution in [2.45, 2.75) is 25.3 Å². The maximum Gasteiger partial charge on any atom is 0.223 e. The van der Waals surface area contributed by atoms with Crippen molar-refractivity contribution < 1.29 is 4.79 Å². The molecule has 2 aromatic carbocycles. The highest BCUT2D eigenvalue weighted by atomic mass is 16.2. The second-order valence-corrected chi connectivity index (χ2v) is 5.44. The number of hydrogen-bond donors (Lipinski definition) is 1. The summed E-state index contributed by atoms with van der Waals surface area (Å²) >= 11 is 0. The standard InChI is InChI=1S/C18H19NO/c20-18(16-11-12-16)19-17(15-9-5-2-6-10-15)13-14-7-3-1-4-8-14/h1-10,16-17H,11-13H2,(H,19,20). The van der Waals surface area contributed by atoms with Crippen LogP contribution in [0.25, 0.3) is 0 Å². The molecule has 2 heteroatoms. The van der Waals surface area contributed by atoms with Gasteiger partial charge in [0.2, 0.25) is 5.91 Å². The van der Waals surface area contributed by atoms with Gasteiger partial charge in [0.05, 0.1) is 6.04 Å². The maximum absolute atomic E-state index is 12.1. The molecule has 1 aliphatic carbocycles. The number of benzene rings is 2. The van der Waals surface area contributed by atoms with E-state index in [-0.39, 0.29) is 17.9 Å². The van der Waals surface area contributed by atoms with Gasteiger partial charge in [-0.3, -0.25) is 4.79 Å². The molecule has 1 N–H and O–H groups in total. The molecule has 102 valence electrons. The van der Waals surface area contributed by atoms with Crippen LogP contribution in [0.5, 0.6) is 0 Å². The minimum Gasteiger partial charge on any atom is -0.349 e. The van der Waals surface area contributed by atoms with Crippen LogP contribution in [0.3, 0.4) is 0 Å². The summed E-state index contributed by atoms with van der Waals surface area (Å²) in [4.78, 5) is 12.1. The van der Waals surface area contributed by atoms with E-state index >= 15 is 0 Å². The molecule has 1 fully saturated rings. The Morgan fingerprint density at radius 3 is 2.20 bits per heavy atom. The zero-order chi connectivity index (χ0) is 13.8. The molecule has 0 heterocycles. The van der Waals surface area contributed by atoms with Gasteiger partial charge in [-0.2, -0.15) is 0 Å². The first-order chi connectivity index (χ1) is 9.83. The Morgan fingerprint density at radius 1 is 1.00 bits per heavy atom. The van der Waals surface area contributed by atoms with Gasteiger partial charge in [0, 0.05) is 5.92 Å². The first kappa shape index (κ1) is 12.9. The fourth-order valence-corrected chi connectivity index (χ4v) is 2.42. The van der Waals surface area contributed by atoms with Crippen LogP contribution in [-0.4, -0.2) is 5.91 Å². The van der Waals surface area contributed by atoms with Crippen molar-refractivity contribution in [3.8, 4) is 0 Å². The molecule has 1 amide bonds. The predicted octanol–water partition coefficient (Wildman–Crippen LogP) is 3.50. The second kappa shape index (κ2) is 5.91. The van der Waals surface area contributed by atoms with Crippen molar-refractivity contribution in [1.29, 1.82) is 0 Å². The minimum absolute atomic E-state index is 0.0618. The molecule has 0 radical (unpaired) electrons. The van der Waals surface area contributed by atoms with Crippen molar-refractivity contribution in [3.63, 3.8) is 0 Å². The van der Waals surface area contributed by atoms with E-state index in [9.17, 15) is 4.79 Å². The highest BCUT2D eigenvalue weighted by Crippen LogP contribution is 2.30. The average Bonchev–Trinajstić information content (AvgIpc) is 3.33. The van der Waals surface area contributed by atoms with Gasteiger partial charge in [-0.25, -0.2) is 0 Å². The molecule has 20 heavy (non-hydrogen) atoms. The van der Waals surface area contributed by atoms with Crippen LogP contribution < -0.4 is 5.32 Å². The molecule has 1 atom stereocenters. The lowest BCUT2D eigenvalue weighted by Crippen LogP contribution is -2.31. The van der Waals surface area contributed by atoms with E-state index in [0.29, 0.717) is 0 Å². The molecule has 2 nitrogen and oxygen atoms in total. The van der Waals surface area contributed by atoms with E-state index in [2.05, 4.69) is 29.6 Å². The number of hydrogen-bond acceptors (Lipinski definition) is 1. The van der Waals surface area contributed by atoms with E-state index < -0.39 is 0 Å². The zero-order valence-corrected chi connectivity index (χ0v) is 11.5. The fraction of sp³-hybridized carbons (Fsp3) is 0.278. The molecular formula is C18H19NO. The van der Waals surface area contributed by atoms with Gasteiger partial charge in [-0.15, -0.1) is 0 Å². The molecule has 3 rings (SSSR count). The van der Waals surface area contributed by atoms with E-state index in [0.717, 1.165) is 19.3 Å². The van der Waals surface area contributed by atoms with E-state index in [1.807, 2.05) is 36.4 Å². The summed E-state index contributed by atoms with van der Waals surface area (Å²) in [6.07, 6.45) is 2.92. The number of rotatable bonds is 5. The number of amides is 1. The quantitative estimate of drug-likeness (QED) is 0.881. The Hall–Kier alpha value is -2.09. The lowest BCUT2D eigenvalue weighted by Gasteiger charge is -2.19. The van der Waals surface area contributed by atoms with Crippen LogP contribution in [0.2, 0.25) is 0 Å². The van der Waals surface area contributed by atoms with Crippen LogP contribution in [-0.2, 0) is 11.2 Å². The van der Waals surface area contributed by atoms with Crippen molar-refractivity contribution in [1.82, 2.24) is 5.32 Å². The number of carbonyl (C=O) groups excluding carboxylic acids is 1. The summed E-state index contributed by atoms with van der Waals surface area (Å²) < 4.78 is 0. The van der Waals surface area contributed by atoms with Gasteiger partial charge in [0.25, 0.3) is 0 Å². The fourth-order valence-electron chi connectivity index (χ4n) is 2.42. The molecule has 0 bridgehead atoms. The smallest absolute Gasteiger partial charge is 0.223 e. The average molecular weight is 265 g/mol. The summed E-state index contributed by atoms with van der Waals surface area (Å²) in [7, 11) is 0. The first-order valence-corrected chi connectivity index (χ1v) is 7.22. The maximum atomic E-state index is 12.1. The van der Waals surface area contributed by atoms with Crippen molar-refractivity contribution >= 4 is 5.91 Å². The zero-order valence-electron chi connectivity index (χ0n) is 11.5. The van der Waals surface area contributed by atoms with Gasteiger partial charge in [0.1, 0.15) is 0 Å². The third-order valence-corrected chi connectivity index (χ3v) is 3.75. The van der Waals surface area contributed by atoms with Gasteiger partial charge >= 0.3 is 0 Å². The second-order valence-electron chi connectivity index (χ2n) is 5.44. The van der Waals surface area contributed by atoms with Gasteiger partial charge < -0.3 is 5.32 Å². The Balaban J connectivity index is 1.77. The molecule has 2 aromatic rings. The third kappa shape index (κ3) is 3.27. The molecule has 0 saturated heterocycles. The monoisotopic (exact) mass is 265 g/mol. The minimum atomic E-state index is 0.0618. The van der Waals surface area contributed by atoms with E-state index in [1.54, 1.807) is 0 Å². The van der Waals surface area contributed by atoms with Crippen molar-refractivity contribution in [2.24, 2.45) is 5.92 Å². The van der Waals surface area contributed by atoms with Crippen LogP contribution in [0.1, 0.15) is 30.0 Å². The predicted molar refractivity (Wildman–Crippen MR) is 80.2 cm³/mol. The van der Waals surface area contributed by atoms with Crippen LogP contribution >= 0.6 is 0 Å². The molecule has 1 aliphatic rings. The summed E-state index contributed by atoms with van der Waals surface area (Å²) in [6, 6.07) is 20.6.